The second kappa shape index (κ2) is 9.01. The number of rotatable bonds is 6. The lowest BCUT2D eigenvalue weighted by molar-refractivity contribution is -0.0175. The van der Waals surface area contributed by atoms with Gasteiger partial charge in [-0.05, 0) is 24.3 Å². The Morgan fingerprint density at radius 2 is 1.52 bits per heavy atom. The number of methoxy groups -OCH3 is 1. The fourth-order valence-corrected chi connectivity index (χ4v) is 3.99. The monoisotopic (exact) mass is 390 g/mol. The number of hydrogen-bond donors (Lipinski definition) is 0. The first-order chi connectivity index (χ1) is 13.1. The van der Waals surface area contributed by atoms with E-state index in [-0.39, 0.29) is 6.61 Å². The highest BCUT2D eigenvalue weighted by molar-refractivity contribution is 8.00. The Hall–Kier alpha value is -2.38. The van der Waals surface area contributed by atoms with Gasteiger partial charge in [-0.2, -0.15) is 0 Å². The molecular weight excluding hydrogens is 371 g/mol. The fourth-order valence-electron chi connectivity index (χ4n) is 2.73. The maximum absolute atomic E-state index is 14.7. The van der Waals surface area contributed by atoms with E-state index in [0.29, 0.717) is 11.1 Å². The summed E-state index contributed by atoms with van der Waals surface area (Å²) < 4.78 is 30.5. The van der Waals surface area contributed by atoms with Gasteiger partial charge in [-0.15, -0.1) is 11.8 Å². The number of carbonyl (C=O) groups is 2. The molecular formula is C20H19FO5S. The summed E-state index contributed by atoms with van der Waals surface area (Å²) in [4.78, 5) is 24.4. The molecule has 0 aromatic heterocycles. The molecule has 1 aliphatic rings. The van der Waals surface area contributed by atoms with Gasteiger partial charge in [-0.1, -0.05) is 36.4 Å². The van der Waals surface area contributed by atoms with E-state index >= 15 is 0 Å². The van der Waals surface area contributed by atoms with Crippen LogP contribution < -0.4 is 0 Å². The average molecular weight is 390 g/mol. The van der Waals surface area contributed by atoms with Gasteiger partial charge in [0, 0.05) is 7.11 Å². The zero-order valence-corrected chi connectivity index (χ0v) is 15.4. The second-order valence-electron chi connectivity index (χ2n) is 5.92. The number of halogens is 1. The van der Waals surface area contributed by atoms with Crippen LogP contribution in [0.3, 0.4) is 0 Å². The van der Waals surface area contributed by atoms with E-state index in [4.69, 9.17) is 14.2 Å². The zero-order valence-electron chi connectivity index (χ0n) is 14.6. The van der Waals surface area contributed by atoms with Gasteiger partial charge in [-0.3, -0.25) is 0 Å². The predicted molar refractivity (Wildman–Crippen MR) is 99.4 cm³/mol. The lowest BCUT2D eigenvalue weighted by atomic mass is 10.1. The number of benzene rings is 2. The number of thioether (sulfide) groups is 1. The summed E-state index contributed by atoms with van der Waals surface area (Å²) in [6, 6.07) is 16.9. The van der Waals surface area contributed by atoms with Crippen molar-refractivity contribution in [1.29, 1.82) is 0 Å². The molecule has 1 aliphatic heterocycles. The Morgan fingerprint density at radius 1 is 0.963 bits per heavy atom. The molecule has 1 fully saturated rings. The number of carbonyl (C=O) groups excluding carboxylic acids is 2. The minimum Gasteiger partial charge on any atom is -0.461 e. The third-order valence-electron chi connectivity index (χ3n) is 4.12. The van der Waals surface area contributed by atoms with Crippen LogP contribution >= 0.6 is 11.8 Å². The third kappa shape index (κ3) is 4.67. The van der Waals surface area contributed by atoms with Crippen molar-refractivity contribution in [3.05, 3.63) is 71.8 Å². The van der Waals surface area contributed by atoms with Crippen molar-refractivity contribution >= 4 is 23.7 Å². The molecule has 4 atom stereocenters. The summed E-state index contributed by atoms with van der Waals surface area (Å²) >= 11 is 1.15. The summed E-state index contributed by atoms with van der Waals surface area (Å²) in [5.41, 5.74) is -0.0620. The summed E-state index contributed by atoms with van der Waals surface area (Å²) in [7, 11) is 1.39. The van der Waals surface area contributed by atoms with Crippen LogP contribution in [0.5, 0.6) is 0 Å². The van der Waals surface area contributed by atoms with E-state index in [1.54, 1.807) is 60.7 Å². The molecule has 0 bridgehead atoms. The van der Waals surface area contributed by atoms with Crippen LogP contribution in [-0.2, 0) is 14.2 Å². The van der Waals surface area contributed by atoms with Gasteiger partial charge in [0.2, 0.25) is 0 Å². The molecule has 0 amide bonds. The second-order valence-corrected chi connectivity index (χ2v) is 7.27. The molecule has 5 nitrogen and oxygen atoms in total. The first-order valence-electron chi connectivity index (χ1n) is 8.40. The van der Waals surface area contributed by atoms with Gasteiger partial charge in [-0.25, -0.2) is 14.0 Å². The largest absolute Gasteiger partial charge is 0.461 e. The van der Waals surface area contributed by atoms with E-state index < -0.39 is 34.9 Å². The molecule has 0 spiro atoms. The molecule has 0 N–H and O–H groups in total. The molecule has 1 heterocycles. The highest BCUT2D eigenvalue weighted by Gasteiger charge is 2.48. The van der Waals surface area contributed by atoms with Gasteiger partial charge in [0.15, 0.2) is 12.3 Å². The normalized spacial score (nSPS) is 24.4. The van der Waals surface area contributed by atoms with Crippen LogP contribution in [0.15, 0.2) is 60.7 Å². The summed E-state index contributed by atoms with van der Waals surface area (Å²) in [6.45, 7) is -0.0919. The van der Waals surface area contributed by atoms with Crippen LogP contribution in [0, 0.1) is 0 Å². The highest BCUT2D eigenvalue weighted by atomic mass is 32.2. The van der Waals surface area contributed by atoms with Gasteiger partial charge in [0.1, 0.15) is 12.0 Å². The van der Waals surface area contributed by atoms with Crippen molar-refractivity contribution in [2.45, 2.75) is 23.0 Å². The lowest BCUT2D eigenvalue weighted by Crippen LogP contribution is -2.37. The van der Waals surface area contributed by atoms with Gasteiger partial charge in [0.05, 0.1) is 16.4 Å². The third-order valence-corrected chi connectivity index (χ3v) is 5.60. The molecule has 0 aliphatic carbocycles. The lowest BCUT2D eigenvalue weighted by Gasteiger charge is -2.20. The molecule has 0 radical (unpaired) electrons. The maximum atomic E-state index is 14.7. The first-order valence-corrected chi connectivity index (χ1v) is 9.35. The highest BCUT2D eigenvalue weighted by Crippen LogP contribution is 2.39. The van der Waals surface area contributed by atoms with E-state index in [2.05, 4.69) is 0 Å². The van der Waals surface area contributed by atoms with Crippen LogP contribution in [0.4, 0.5) is 4.39 Å². The summed E-state index contributed by atoms with van der Waals surface area (Å²) in [5, 5.41) is -0.565. The molecule has 0 saturated carbocycles. The molecule has 1 unspecified atom stereocenters. The smallest absolute Gasteiger partial charge is 0.338 e. The van der Waals surface area contributed by atoms with Gasteiger partial charge < -0.3 is 14.2 Å². The van der Waals surface area contributed by atoms with Crippen molar-refractivity contribution in [2.24, 2.45) is 0 Å². The minimum atomic E-state index is -1.52. The van der Waals surface area contributed by atoms with Crippen LogP contribution in [0.2, 0.25) is 0 Å². The number of esters is 2. The molecule has 2 aromatic rings. The Labute approximate surface area is 160 Å². The van der Waals surface area contributed by atoms with Crippen LogP contribution in [0.1, 0.15) is 20.7 Å². The quantitative estimate of drug-likeness (QED) is 0.704. The van der Waals surface area contributed by atoms with Crippen molar-refractivity contribution in [1.82, 2.24) is 0 Å². The number of alkyl halides is 1. The van der Waals surface area contributed by atoms with E-state index in [1.165, 1.54) is 7.11 Å². The van der Waals surface area contributed by atoms with Crippen LogP contribution in [-0.4, -0.2) is 48.6 Å². The maximum Gasteiger partial charge on any atom is 0.338 e. The zero-order chi connectivity index (χ0) is 19.2. The number of hydrogen-bond acceptors (Lipinski definition) is 6. The van der Waals surface area contributed by atoms with Crippen LogP contribution in [0.25, 0.3) is 0 Å². The molecule has 27 heavy (non-hydrogen) atoms. The fraction of sp³-hybridized carbons (Fsp3) is 0.300. The van der Waals surface area contributed by atoms with E-state index in [1.807, 2.05) is 0 Å². The predicted octanol–water partition coefficient (Wildman–Crippen LogP) is 3.50. The van der Waals surface area contributed by atoms with Crippen molar-refractivity contribution < 1.29 is 28.2 Å². The average Bonchev–Trinajstić information content (AvgIpc) is 3.02. The summed E-state index contributed by atoms with van der Waals surface area (Å²) in [6.07, 6.45) is -2.59. The molecule has 7 heteroatoms. The van der Waals surface area contributed by atoms with Crippen molar-refractivity contribution in [2.75, 3.05) is 13.7 Å². The van der Waals surface area contributed by atoms with Crippen molar-refractivity contribution in [3.63, 3.8) is 0 Å². The minimum absolute atomic E-state index is 0.0919. The molecule has 1 saturated heterocycles. The Bertz CT molecular complexity index is 770. The Kier molecular flexibility index (Phi) is 6.47. The Balaban J connectivity index is 1.66. The molecule has 2 aromatic carbocycles. The number of ether oxygens (including phenoxy) is 3. The Morgan fingerprint density at radius 3 is 2.07 bits per heavy atom. The van der Waals surface area contributed by atoms with E-state index in [0.717, 1.165) is 11.8 Å². The van der Waals surface area contributed by atoms with Gasteiger partial charge in [0.25, 0.3) is 0 Å². The van der Waals surface area contributed by atoms with E-state index in [9.17, 15) is 14.0 Å². The standard InChI is InChI=1S/C20H19FO5S/c1-24-20-16(21)17(26-19(23)14-10-6-3-7-11-14)15(27-20)12-25-18(22)13-8-4-2-5-9-13/h2-11,15-17,20H,12H2,1H3/t15-,16-,17?,20-/m1/s1. The molecule has 3 rings (SSSR count). The molecule has 142 valence electrons. The summed E-state index contributed by atoms with van der Waals surface area (Å²) in [5.74, 6) is -1.14. The van der Waals surface area contributed by atoms with Crippen molar-refractivity contribution in [3.8, 4) is 0 Å². The van der Waals surface area contributed by atoms with Gasteiger partial charge >= 0.3 is 11.9 Å². The SMILES string of the molecule is CO[C@@H]1S[C@H](COC(=O)c2ccccc2)C(OC(=O)c2ccccc2)[C@H]1F. The first kappa shape index (κ1) is 19.4. The topological polar surface area (TPSA) is 61.8 Å².